The van der Waals surface area contributed by atoms with Crippen LogP contribution in [0.1, 0.15) is 99.9 Å². The van der Waals surface area contributed by atoms with Gasteiger partial charge in [-0.1, -0.05) is 76.2 Å². The fraction of sp³-hybridized carbons (Fsp3) is 0.886. The molecular formula is C35H72N2O7Si4. The van der Waals surface area contributed by atoms with Crippen molar-refractivity contribution in [1.29, 1.82) is 0 Å². The van der Waals surface area contributed by atoms with Crippen molar-refractivity contribution in [2.24, 2.45) is 5.92 Å². The lowest BCUT2D eigenvalue weighted by Crippen LogP contribution is -2.51. The predicted molar refractivity (Wildman–Crippen MR) is 209 cm³/mol. The molecule has 1 saturated heterocycles. The lowest BCUT2D eigenvalue weighted by molar-refractivity contribution is -0.0176. The number of ether oxygens (including phenoxy) is 1. The van der Waals surface area contributed by atoms with Crippen LogP contribution in [0.15, 0.2) is 9.59 Å². The molecule has 0 aliphatic carbocycles. The van der Waals surface area contributed by atoms with E-state index in [9.17, 15) is 14.4 Å². The molecule has 0 saturated carbocycles. The van der Waals surface area contributed by atoms with Crippen molar-refractivity contribution < 1.29 is 22.8 Å². The molecule has 1 aromatic rings. The van der Waals surface area contributed by atoms with Crippen LogP contribution in [0.4, 0.5) is 0 Å². The van der Waals surface area contributed by atoms with Crippen LogP contribution >= 0.6 is 0 Å². The van der Waals surface area contributed by atoms with Gasteiger partial charge in [-0.15, -0.1) is 0 Å². The van der Waals surface area contributed by atoms with E-state index in [0.717, 1.165) is 0 Å². The molecule has 4 atom stereocenters. The molecule has 0 bridgehead atoms. The van der Waals surface area contributed by atoms with Gasteiger partial charge in [0.05, 0.1) is 24.4 Å². The normalized spacial score (nSPS) is 22.4. The molecule has 0 aromatic carbocycles. The van der Waals surface area contributed by atoms with E-state index in [0.29, 0.717) is 24.3 Å². The predicted octanol–water partition coefficient (Wildman–Crippen LogP) is 8.66. The van der Waals surface area contributed by atoms with Crippen LogP contribution in [0.3, 0.4) is 0 Å². The SMILES string of the molecule is Cc1c([C@@H]2O[C@H](CO[Si](C)(C)C(C)(C)C)C(O[Si](C)(C)C(C)(C)C)[C@@H]2CC(C)(C)[Si](C)(C)O)c(=O)[nH]c(=O)n1CO[Si](C)(C)C(C)(C)C. The smallest absolute Gasteiger partial charge is 0.330 e. The number of H-pyrrole nitrogens is 1. The van der Waals surface area contributed by atoms with Crippen LogP contribution in [0.2, 0.25) is 72.5 Å². The summed E-state index contributed by atoms with van der Waals surface area (Å²) >= 11 is 0. The van der Waals surface area contributed by atoms with E-state index in [2.05, 4.69) is 120 Å². The first-order valence-corrected chi connectivity index (χ1v) is 29.4. The van der Waals surface area contributed by atoms with Crippen LogP contribution in [-0.2, 0) is 24.7 Å². The van der Waals surface area contributed by atoms with E-state index in [1.54, 1.807) is 0 Å². The highest BCUT2D eigenvalue weighted by Gasteiger charge is 2.55. The van der Waals surface area contributed by atoms with Gasteiger partial charge in [-0.3, -0.25) is 14.3 Å². The Morgan fingerprint density at radius 3 is 1.67 bits per heavy atom. The molecule has 1 unspecified atom stereocenters. The Hall–Kier alpha value is -0.652. The summed E-state index contributed by atoms with van der Waals surface area (Å²) in [5, 5.41) is -0.539. The number of aromatic amines is 1. The van der Waals surface area contributed by atoms with E-state index < -0.39 is 61.8 Å². The lowest BCUT2D eigenvalue weighted by Gasteiger charge is -2.44. The van der Waals surface area contributed by atoms with Crippen LogP contribution in [0, 0.1) is 12.8 Å². The molecule has 2 heterocycles. The van der Waals surface area contributed by atoms with E-state index in [-0.39, 0.29) is 33.9 Å². The Balaban J connectivity index is 2.84. The minimum Gasteiger partial charge on any atom is -0.432 e. The molecule has 13 heteroatoms. The third kappa shape index (κ3) is 9.41. The first-order chi connectivity index (χ1) is 21.1. The molecule has 0 radical (unpaired) electrons. The lowest BCUT2D eigenvalue weighted by atomic mass is 9.84. The number of nitrogens with one attached hydrogen (secondary N) is 1. The molecule has 2 N–H and O–H groups in total. The number of nitrogens with zero attached hydrogens (tertiary/aromatic N) is 1. The summed E-state index contributed by atoms with van der Waals surface area (Å²) in [5.41, 5.74) is 0.00941. The topological polar surface area (TPSA) is 112 Å². The maximum atomic E-state index is 13.9. The highest BCUT2D eigenvalue weighted by Crippen LogP contribution is 2.53. The second-order valence-electron chi connectivity index (χ2n) is 20.0. The zero-order chi connectivity index (χ0) is 37.9. The van der Waals surface area contributed by atoms with Gasteiger partial charge in [0.25, 0.3) is 5.56 Å². The van der Waals surface area contributed by atoms with Crippen LogP contribution in [0.5, 0.6) is 0 Å². The number of hydrogen-bond donors (Lipinski definition) is 2. The van der Waals surface area contributed by atoms with Crippen molar-refractivity contribution >= 4 is 33.3 Å². The van der Waals surface area contributed by atoms with Crippen molar-refractivity contribution in [3.8, 4) is 0 Å². The first-order valence-electron chi connectivity index (χ1n) is 17.8. The minimum absolute atomic E-state index is 0.00206. The molecule has 1 aromatic heterocycles. The van der Waals surface area contributed by atoms with Crippen molar-refractivity contribution in [1.82, 2.24) is 9.55 Å². The monoisotopic (exact) mass is 744 g/mol. The summed E-state index contributed by atoms with van der Waals surface area (Å²) in [5.74, 6) is -0.270. The fourth-order valence-electron chi connectivity index (χ4n) is 5.11. The highest BCUT2D eigenvalue weighted by molar-refractivity contribution is 6.75. The third-order valence-corrected chi connectivity index (χ3v) is 29.7. The molecule has 48 heavy (non-hydrogen) atoms. The Kier molecular flexibility index (Phi) is 12.7. The average Bonchev–Trinajstić information content (AvgIpc) is 3.15. The van der Waals surface area contributed by atoms with Gasteiger partial charge in [0.15, 0.2) is 33.3 Å². The quantitative estimate of drug-likeness (QED) is 0.206. The molecule has 9 nitrogen and oxygen atoms in total. The average molecular weight is 745 g/mol. The maximum Gasteiger partial charge on any atom is 0.330 e. The minimum atomic E-state index is -2.68. The van der Waals surface area contributed by atoms with Gasteiger partial charge in [0, 0.05) is 11.6 Å². The van der Waals surface area contributed by atoms with Gasteiger partial charge in [-0.25, -0.2) is 4.79 Å². The molecule has 2 rings (SSSR count). The summed E-state index contributed by atoms with van der Waals surface area (Å²) in [7, 11) is -9.40. The standard InChI is InChI=1S/C35H72N2O7Si4/c1-24-27(30(38)36-31(39)37(24)23-42-47(17,18)33(5,6)7)29-25(21-35(11,12)45(13,14)40)28(44-48(19,20)34(8,9)10)26(43-29)22-41-46(15,16)32(2,3)4/h25-26,28-29,40H,21-23H2,1-20H3,(H,36,38,39)/t25-,26+,28?,29+/m0/s1. The van der Waals surface area contributed by atoms with Crippen LogP contribution in [-0.4, -0.2) is 66.4 Å². The maximum absolute atomic E-state index is 13.9. The first kappa shape index (κ1) is 43.5. The Labute approximate surface area is 296 Å². The number of hydrogen-bond acceptors (Lipinski definition) is 7. The van der Waals surface area contributed by atoms with Gasteiger partial charge in [0.2, 0.25) is 0 Å². The second kappa shape index (κ2) is 14.1. The van der Waals surface area contributed by atoms with Gasteiger partial charge in [0.1, 0.15) is 12.8 Å². The Morgan fingerprint density at radius 2 is 1.23 bits per heavy atom. The zero-order valence-electron chi connectivity index (χ0n) is 34.3. The van der Waals surface area contributed by atoms with Gasteiger partial charge in [-0.2, -0.15) is 0 Å². The Morgan fingerprint density at radius 1 is 0.771 bits per heavy atom. The Bertz CT molecular complexity index is 1390. The van der Waals surface area contributed by atoms with Crippen LogP contribution < -0.4 is 11.2 Å². The molecule has 1 aliphatic heterocycles. The summed E-state index contributed by atoms with van der Waals surface area (Å²) in [4.78, 5) is 41.3. The van der Waals surface area contributed by atoms with Gasteiger partial charge >= 0.3 is 5.69 Å². The highest BCUT2D eigenvalue weighted by atomic mass is 28.4. The summed E-state index contributed by atoms with van der Waals surface area (Å²) < 4.78 is 29.1. The zero-order valence-corrected chi connectivity index (χ0v) is 38.3. The summed E-state index contributed by atoms with van der Waals surface area (Å²) in [6.45, 7) is 43.4. The van der Waals surface area contributed by atoms with Gasteiger partial charge in [-0.05, 0) is 85.9 Å². The molecule has 1 aliphatic rings. The number of rotatable bonds is 12. The molecule has 0 spiro atoms. The van der Waals surface area contributed by atoms with Crippen molar-refractivity contribution in [3.63, 3.8) is 0 Å². The number of aromatic nitrogens is 2. The van der Waals surface area contributed by atoms with E-state index in [1.807, 2.05) is 20.0 Å². The van der Waals surface area contributed by atoms with Crippen molar-refractivity contribution in [3.05, 3.63) is 32.1 Å². The van der Waals surface area contributed by atoms with Crippen molar-refractivity contribution in [2.75, 3.05) is 6.61 Å². The van der Waals surface area contributed by atoms with Gasteiger partial charge < -0.3 is 22.8 Å². The molecular weight excluding hydrogens is 673 g/mol. The van der Waals surface area contributed by atoms with Crippen LogP contribution in [0.25, 0.3) is 0 Å². The van der Waals surface area contributed by atoms with Crippen molar-refractivity contribution in [2.45, 2.75) is 187 Å². The fourth-order valence-corrected chi connectivity index (χ4v) is 9.10. The summed E-state index contributed by atoms with van der Waals surface area (Å²) in [6.07, 6.45) is -0.905. The second-order valence-corrected chi connectivity index (χ2v) is 38.9. The largest absolute Gasteiger partial charge is 0.432 e. The van der Waals surface area contributed by atoms with E-state index in [4.69, 9.17) is 18.0 Å². The van der Waals surface area contributed by atoms with E-state index in [1.165, 1.54) is 4.57 Å². The summed E-state index contributed by atoms with van der Waals surface area (Å²) in [6, 6.07) is 0. The molecule has 280 valence electrons. The van der Waals surface area contributed by atoms with E-state index >= 15 is 0 Å². The third-order valence-electron chi connectivity index (χ3n) is 12.7. The molecule has 0 amide bonds. The molecule has 1 fully saturated rings.